The van der Waals surface area contributed by atoms with E-state index in [1.54, 1.807) is 0 Å². The van der Waals surface area contributed by atoms with Crippen LogP contribution in [0.25, 0.3) is 0 Å². The van der Waals surface area contributed by atoms with Crippen molar-refractivity contribution < 1.29 is 26.0 Å². The highest BCUT2D eigenvalue weighted by molar-refractivity contribution is 7.89. The molecule has 0 aromatic rings. The molecule has 0 amide bonds. The molecule has 226 valence electrons. The van der Waals surface area contributed by atoms with Crippen molar-refractivity contribution in [3.63, 3.8) is 0 Å². The van der Waals surface area contributed by atoms with Crippen LogP contribution < -0.4 is 0 Å². The molecule has 2 saturated heterocycles. The minimum absolute atomic E-state index is 0.0795. The molecule has 3 saturated carbocycles. The molecule has 5 rings (SSSR count). The van der Waals surface area contributed by atoms with E-state index in [2.05, 4.69) is 18.7 Å². The Bertz CT molecular complexity index is 922. The van der Waals surface area contributed by atoms with E-state index in [9.17, 15) is 26.0 Å². The molecule has 0 aromatic heterocycles. The van der Waals surface area contributed by atoms with Gasteiger partial charge in [-0.25, -0.2) is 17.1 Å². The molecule has 0 aromatic carbocycles. The Morgan fingerprint density at radius 1 is 0.795 bits per heavy atom. The summed E-state index contributed by atoms with van der Waals surface area (Å²) >= 11 is 0. The fourth-order valence-corrected chi connectivity index (χ4v) is 11.9. The summed E-state index contributed by atoms with van der Waals surface area (Å²) in [5, 5.41) is -1.38. The van der Waals surface area contributed by atoms with Crippen molar-refractivity contribution in [1.82, 2.24) is 9.21 Å². The van der Waals surface area contributed by atoms with Crippen LogP contribution in [-0.4, -0.2) is 67.4 Å². The quantitative estimate of drug-likeness (QED) is 0.328. The molecule has 6 unspecified atom stereocenters. The van der Waals surface area contributed by atoms with E-state index in [4.69, 9.17) is 0 Å². The third kappa shape index (κ3) is 5.93. The van der Waals surface area contributed by atoms with E-state index < -0.39 is 34.0 Å². The maximum atomic E-state index is 14.4. The third-order valence-corrected chi connectivity index (χ3v) is 14.3. The molecule has 3 aliphatic carbocycles. The monoisotopic (exact) mass is 578 g/mol. The number of halogens is 4. The van der Waals surface area contributed by atoms with Crippen LogP contribution in [0.2, 0.25) is 0 Å². The van der Waals surface area contributed by atoms with Gasteiger partial charge in [-0.05, 0) is 99.8 Å². The van der Waals surface area contributed by atoms with Crippen LogP contribution in [0.1, 0.15) is 97.3 Å². The highest BCUT2D eigenvalue weighted by Gasteiger charge is 2.56. The van der Waals surface area contributed by atoms with Crippen molar-refractivity contribution in [2.75, 3.05) is 26.3 Å². The minimum Gasteiger partial charge on any atom is -0.293 e. The number of hydrogen-bond donors (Lipinski definition) is 0. The van der Waals surface area contributed by atoms with E-state index in [0.717, 1.165) is 49.5 Å². The van der Waals surface area contributed by atoms with Gasteiger partial charge in [0, 0.05) is 25.2 Å². The minimum atomic E-state index is -4.50. The number of fused-ring (bicyclic) bond motifs is 1. The molecule has 0 spiro atoms. The van der Waals surface area contributed by atoms with Gasteiger partial charge in [0.15, 0.2) is 0 Å². The summed E-state index contributed by atoms with van der Waals surface area (Å²) in [5.41, 5.74) is 0. The SMILES string of the molecule is CC1CCCC(C2CCC([C@H]3C4CN(S(=O)(=O)C5CCCCC5C(F)(F)F)CCCCN4[C@@H]3CF)CC2)C1C. The standard InChI is InChI=1S/C30H50F4N2O2S/c1-20-8-7-9-24(21(20)2)22-12-14-23(15-13-22)29-26(18-31)36-17-6-5-16-35(19-27(29)36)39(37,38)28-11-4-3-10-25(28)30(32,33)34/h20-29H,3-19H2,1-2H3/t20?,21?,22?,23?,24?,25?,26-,27?,28?,29-/m1/s1. The second-order valence-electron chi connectivity index (χ2n) is 13.8. The van der Waals surface area contributed by atoms with Gasteiger partial charge in [-0.1, -0.05) is 39.5 Å². The second-order valence-corrected chi connectivity index (χ2v) is 15.9. The lowest BCUT2D eigenvalue weighted by Gasteiger charge is -2.60. The first kappa shape index (κ1) is 30.1. The molecule has 0 radical (unpaired) electrons. The summed E-state index contributed by atoms with van der Waals surface area (Å²) in [7, 11) is -4.10. The summed E-state index contributed by atoms with van der Waals surface area (Å²) in [6, 6.07) is -0.255. The summed E-state index contributed by atoms with van der Waals surface area (Å²) < 4.78 is 85.0. The van der Waals surface area contributed by atoms with Crippen LogP contribution in [0.3, 0.4) is 0 Å². The topological polar surface area (TPSA) is 40.6 Å². The van der Waals surface area contributed by atoms with Gasteiger partial charge in [-0.15, -0.1) is 0 Å². The van der Waals surface area contributed by atoms with Crippen LogP contribution in [0, 0.1) is 41.4 Å². The van der Waals surface area contributed by atoms with E-state index >= 15 is 0 Å². The average molecular weight is 579 g/mol. The van der Waals surface area contributed by atoms with Crippen LogP contribution in [0.15, 0.2) is 0 Å². The maximum Gasteiger partial charge on any atom is 0.393 e. The van der Waals surface area contributed by atoms with Crippen LogP contribution in [0.5, 0.6) is 0 Å². The lowest BCUT2D eigenvalue weighted by molar-refractivity contribution is -0.180. The summed E-state index contributed by atoms with van der Waals surface area (Å²) in [5.74, 6) is 1.74. The number of sulfonamides is 1. The van der Waals surface area contributed by atoms with E-state index in [0.29, 0.717) is 25.2 Å². The molecule has 0 bridgehead atoms. The van der Waals surface area contributed by atoms with E-state index in [1.165, 1.54) is 36.4 Å². The lowest BCUT2D eigenvalue weighted by atomic mass is 9.60. The predicted octanol–water partition coefficient (Wildman–Crippen LogP) is 7.05. The Morgan fingerprint density at radius 2 is 1.46 bits per heavy atom. The Labute approximate surface area is 233 Å². The molecule has 9 heteroatoms. The van der Waals surface area contributed by atoms with E-state index in [1.807, 2.05) is 0 Å². The fraction of sp³-hybridized carbons (Fsp3) is 1.00. The normalized spacial score (nSPS) is 43.6. The van der Waals surface area contributed by atoms with Crippen LogP contribution >= 0.6 is 0 Å². The number of alkyl halides is 4. The van der Waals surface area contributed by atoms with Gasteiger partial charge in [0.2, 0.25) is 10.0 Å². The first-order chi connectivity index (χ1) is 18.5. The second kappa shape index (κ2) is 12.1. The predicted molar refractivity (Wildman–Crippen MR) is 146 cm³/mol. The molecule has 0 N–H and O–H groups in total. The van der Waals surface area contributed by atoms with Crippen molar-refractivity contribution in [2.24, 2.45) is 41.4 Å². The van der Waals surface area contributed by atoms with Gasteiger partial charge < -0.3 is 0 Å². The highest BCUT2D eigenvalue weighted by Crippen LogP contribution is 2.50. The summed E-state index contributed by atoms with van der Waals surface area (Å²) in [6.45, 7) is 5.64. The van der Waals surface area contributed by atoms with Crippen LogP contribution in [0.4, 0.5) is 17.6 Å². The molecule has 2 aliphatic heterocycles. The zero-order chi connectivity index (χ0) is 27.9. The Hall–Kier alpha value is -0.410. The first-order valence-corrected chi connectivity index (χ1v) is 17.4. The smallest absolute Gasteiger partial charge is 0.293 e. The molecule has 39 heavy (non-hydrogen) atoms. The summed E-state index contributed by atoms with van der Waals surface area (Å²) in [6.07, 6.45) is 6.23. The van der Waals surface area contributed by atoms with Crippen molar-refractivity contribution in [3.8, 4) is 0 Å². The van der Waals surface area contributed by atoms with Crippen molar-refractivity contribution >= 4 is 10.0 Å². The molecule has 8 atom stereocenters. The largest absolute Gasteiger partial charge is 0.393 e. The Balaban J connectivity index is 1.29. The number of hydrogen-bond acceptors (Lipinski definition) is 3. The first-order valence-electron chi connectivity index (χ1n) is 15.9. The van der Waals surface area contributed by atoms with Crippen molar-refractivity contribution in [3.05, 3.63) is 0 Å². The van der Waals surface area contributed by atoms with Gasteiger partial charge in [0.25, 0.3) is 0 Å². The van der Waals surface area contributed by atoms with Gasteiger partial charge in [0.05, 0.1) is 11.2 Å². The molecule has 5 aliphatic rings. The Kier molecular flexibility index (Phi) is 9.30. The van der Waals surface area contributed by atoms with Gasteiger partial charge >= 0.3 is 6.18 Å². The number of nitrogens with zero attached hydrogens (tertiary/aromatic N) is 2. The van der Waals surface area contributed by atoms with Crippen molar-refractivity contribution in [2.45, 2.75) is 121 Å². The number of rotatable bonds is 5. The van der Waals surface area contributed by atoms with Gasteiger partial charge in [-0.3, -0.25) is 4.90 Å². The lowest BCUT2D eigenvalue weighted by Crippen LogP contribution is -2.71. The van der Waals surface area contributed by atoms with Gasteiger partial charge in [0.1, 0.15) is 6.67 Å². The molecule has 4 nitrogen and oxygen atoms in total. The Morgan fingerprint density at radius 3 is 2.15 bits per heavy atom. The molecule has 5 fully saturated rings. The molecular formula is C30H50F4N2O2S. The third-order valence-electron chi connectivity index (χ3n) is 12.0. The maximum absolute atomic E-state index is 14.4. The van der Waals surface area contributed by atoms with E-state index in [-0.39, 0.29) is 43.9 Å². The zero-order valence-corrected chi connectivity index (χ0v) is 24.7. The van der Waals surface area contributed by atoms with Crippen LogP contribution in [-0.2, 0) is 10.0 Å². The summed E-state index contributed by atoms with van der Waals surface area (Å²) in [4.78, 5) is 2.16. The van der Waals surface area contributed by atoms with Gasteiger partial charge in [-0.2, -0.15) is 13.2 Å². The fourth-order valence-electron chi connectivity index (χ4n) is 9.60. The molecule has 2 heterocycles. The average Bonchev–Trinajstić information content (AvgIpc) is 2.89. The zero-order valence-electron chi connectivity index (χ0n) is 23.9. The van der Waals surface area contributed by atoms with Crippen molar-refractivity contribution in [1.29, 1.82) is 0 Å². The molecular weight excluding hydrogens is 528 g/mol. The highest BCUT2D eigenvalue weighted by atomic mass is 32.2.